The van der Waals surface area contributed by atoms with E-state index in [4.69, 9.17) is 23.2 Å². The standard InChI is InChI=1S/C14H15Cl2N3O2/c1-2-19-7-6-17-13(14(19)21)18-8-11(20)12-9(15)4-3-5-10(12)16/h3-7,11,20H,2,8H2,1H3,(H,17,18). The van der Waals surface area contributed by atoms with Gasteiger partial charge in [-0.2, -0.15) is 0 Å². The zero-order valence-corrected chi connectivity index (χ0v) is 12.9. The van der Waals surface area contributed by atoms with Crippen molar-refractivity contribution in [3.8, 4) is 0 Å². The fourth-order valence-electron chi connectivity index (χ4n) is 1.94. The first kappa shape index (κ1) is 15.8. The molecule has 1 atom stereocenters. The highest BCUT2D eigenvalue weighted by Crippen LogP contribution is 2.30. The molecule has 0 aliphatic rings. The van der Waals surface area contributed by atoms with Gasteiger partial charge >= 0.3 is 0 Å². The van der Waals surface area contributed by atoms with Gasteiger partial charge in [0.2, 0.25) is 0 Å². The lowest BCUT2D eigenvalue weighted by molar-refractivity contribution is 0.191. The van der Waals surface area contributed by atoms with Crippen molar-refractivity contribution in [3.05, 3.63) is 56.6 Å². The van der Waals surface area contributed by atoms with Crippen molar-refractivity contribution >= 4 is 29.0 Å². The molecule has 1 aromatic carbocycles. The fraction of sp³-hybridized carbons (Fsp3) is 0.286. The minimum atomic E-state index is -0.942. The van der Waals surface area contributed by atoms with Crippen molar-refractivity contribution in [2.45, 2.75) is 19.6 Å². The third-order valence-electron chi connectivity index (χ3n) is 3.05. The number of anilines is 1. The average molecular weight is 328 g/mol. The number of aryl methyl sites for hydroxylation is 1. The highest BCUT2D eigenvalue weighted by molar-refractivity contribution is 6.36. The van der Waals surface area contributed by atoms with Crippen LogP contribution in [0.25, 0.3) is 0 Å². The molecule has 0 fully saturated rings. The molecule has 1 unspecified atom stereocenters. The molecule has 21 heavy (non-hydrogen) atoms. The van der Waals surface area contributed by atoms with Gasteiger partial charge in [0.1, 0.15) is 0 Å². The molecule has 0 saturated heterocycles. The van der Waals surface area contributed by atoms with E-state index >= 15 is 0 Å². The van der Waals surface area contributed by atoms with Gasteiger partial charge < -0.3 is 15.0 Å². The van der Waals surface area contributed by atoms with Crippen LogP contribution >= 0.6 is 23.2 Å². The largest absolute Gasteiger partial charge is 0.386 e. The molecule has 5 nitrogen and oxygen atoms in total. The summed E-state index contributed by atoms with van der Waals surface area (Å²) in [6.45, 7) is 2.50. The van der Waals surface area contributed by atoms with Gasteiger partial charge in [0.15, 0.2) is 5.82 Å². The summed E-state index contributed by atoms with van der Waals surface area (Å²) in [5.41, 5.74) is 0.192. The van der Waals surface area contributed by atoms with Crippen LogP contribution in [0.4, 0.5) is 5.82 Å². The van der Waals surface area contributed by atoms with Crippen molar-refractivity contribution in [1.82, 2.24) is 9.55 Å². The third-order valence-corrected chi connectivity index (χ3v) is 3.71. The van der Waals surface area contributed by atoms with Gasteiger partial charge in [-0.3, -0.25) is 4.79 Å². The molecule has 2 aromatic rings. The normalized spacial score (nSPS) is 12.2. The van der Waals surface area contributed by atoms with Crippen molar-refractivity contribution in [3.63, 3.8) is 0 Å². The molecule has 0 amide bonds. The second-order valence-electron chi connectivity index (χ2n) is 4.40. The minimum absolute atomic E-state index is 0.0828. The number of nitrogens with zero attached hydrogens (tertiary/aromatic N) is 2. The molecule has 0 aliphatic carbocycles. The molecule has 0 aliphatic heterocycles. The van der Waals surface area contributed by atoms with E-state index < -0.39 is 6.10 Å². The first-order valence-corrected chi connectivity index (χ1v) is 7.21. The first-order valence-electron chi connectivity index (χ1n) is 6.46. The molecule has 2 N–H and O–H groups in total. The van der Waals surface area contributed by atoms with Gasteiger partial charge in [-0.25, -0.2) is 4.98 Å². The zero-order valence-electron chi connectivity index (χ0n) is 11.4. The summed E-state index contributed by atoms with van der Waals surface area (Å²) >= 11 is 12.1. The summed E-state index contributed by atoms with van der Waals surface area (Å²) in [5, 5.41) is 13.8. The Morgan fingerprint density at radius 2 is 2.05 bits per heavy atom. The number of nitrogens with one attached hydrogen (secondary N) is 1. The molecular formula is C14H15Cl2N3O2. The van der Waals surface area contributed by atoms with Crippen LogP contribution in [0.1, 0.15) is 18.6 Å². The number of halogens is 2. The summed E-state index contributed by atoms with van der Waals surface area (Å²) in [6.07, 6.45) is 2.19. The van der Waals surface area contributed by atoms with Crippen molar-refractivity contribution < 1.29 is 5.11 Å². The maximum atomic E-state index is 12.0. The molecule has 0 radical (unpaired) electrons. The second kappa shape index (κ2) is 6.93. The maximum absolute atomic E-state index is 12.0. The molecule has 2 rings (SSSR count). The Morgan fingerprint density at radius 1 is 1.38 bits per heavy atom. The van der Waals surface area contributed by atoms with E-state index in [1.807, 2.05) is 6.92 Å². The average Bonchev–Trinajstić information content (AvgIpc) is 2.46. The van der Waals surface area contributed by atoms with Crippen molar-refractivity contribution in [1.29, 1.82) is 0 Å². The lowest BCUT2D eigenvalue weighted by Crippen LogP contribution is -2.25. The molecule has 112 valence electrons. The van der Waals surface area contributed by atoms with E-state index in [1.165, 1.54) is 10.8 Å². The van der Waals surface area contributed by atoms with Crippen LogP contribution in [0, 0.1) is 0 Å². The van der Waals surface area contributed by atoms with E-state index in [-0.39, 0.29) is 17.9 Å². The van der Waals surface area contributed by atoms with Crippen LogP contribution in [-0.2, 0) is 6.54 Å². The number of hydrogen-bond donors (Lipinski definition) is 2. The zero-order chi connectivity index (χ0) is 15.4. The van der Waals surface area contributed by atoms with Crippen LogP contribution in [0.5, 0.6) is 0 Å². The van der Waals surface area contributed by atoms with Crippen LogP contribution in [-0.4, -0.2) is 21.2 Å². The lowest BCUT2D eigenvalue weighted by atomic mass is 10.1. The molecule has 0 bridgehead atoms. The fourth-order valence-corrected chi connectivity index (χ4v) is 2.59. The smallest absolute Gasteiger partial charge is 0.293 e. The molecule has 7 heteroatoms. The lowest BCUT2D eigenvalue weighted by Gasteiger charge is -2.15. The summed E-state index contributed by atoms with van der Waals surface area (Å²) in [7, 11) is 0. The summed E-state index contributed by atoms with van der Waals surface area (Å²) in [5.74, 6) is 0.182. The Kier molecular flexibility index (Phi) is 5.22. The van der Waals surface area contributed by atoms with Crippen LogP contribution in [0.3, 0.4) is 0 Å². The number of benzene rings is 1. The van der Waals surface area contributed by atoms with Gasteiger partial charge in [0.05, 0.1) is 6.10 Å². The quantitative estimate of drug-likeness (QED) is 0.886. The summed E-state index contributed by atoms with van der Waals surface area (Å²) in [6, 6.07) is 5.00. The highest BCUT2D eigenvalue weighted by Gasteiger charge is 2.16. The predicted molar refractivity (Wildman–Crippen MR) is 84.1 cm³/mol. The minimum Gasteiger partial charge on any atom is -0.386 e. The van der Waals surface area contributed by atoms with E-state index in [9.17, 15) is 9.90 Å². The Balaban J connectivity index is 2.15. The Morgan fingerprint density at radius 3 is 2.67 bits per heavy atom. The molecule has 0 spiro atoms. The van der Waals surface area contributed by atoms with Gasteiger partial charge in [0, 0.05) is 41.1 Å². The number of aromatic nitrogens is 2. The van der Waals surface area contributed by atoms with Crippen molar-refractivity contribution in [2.75, 3.05) is 11.9 Å². The van der Waals surface area contributed by atoms with Gasteiger partial charge in [0.25, 0.3) is 5.56 Å². The third kappa shape index (κ3) is 3.56. The monoisotopic (exact) mass is 327 g/mol. The molecule has 1 heterocycles. The number of aliphatic hydroxyl groups is 1. The van der Waals surface area contributed by atoms with Gasteiger partial charge in [-0.05, 0) is 19.1 Å². The second-order valence-corrected chi connectivity index (χ2v) is 5.21. The summed E-state index contributed by atoms with van der Waals surface area (Å²) < 4.78 is 1.52. The first-order chi connectivity index (χ1) is 10.0. The molecule has 0 saturated carbocycles. The van der Waals surface area contributed by atoms with Crippen LogP contribution < -0.4 is 10.9 Å². The topological polar surface area (TPSA) is 67.2 Å². The van der Waals surface area contributed by atoms with Crippen LogP contribution in [0.15, 0.2) is 35.4 Å². The van der Waals surface area contributed by atoms with Gasteiger partial charge in [-0.1, -0.05) is 29.3 Å². The predicted octanol–water partition coefficient (Wildman–Crippen LogP) is 2.72. The Labute approximate surface area is 132 Å². The Hall–Kier alpha value is -1.56. The summed E-state index contributed by atoms with van der Waals surface area (Å²) in [4.78, 5) is 16.0. The van der Waals surface area contributed by atoms with E-state index in [2.05, 4.69) is 10.3 Å². The Bertz CT molecular complexity index is 668. The SMILES string of the molecule is CCn1ccnc(NCC(O)c2c(Cl)cccc2Cl)c1=O. The number of rotatable bonds is 5. The van der Waals surface area contributed by atoms with Crippen molar-refractivity contribution in [2.24, 2.45) is 0 Å². The number of aliphatic hydroxyl groups excluding tert-OH is 1. The molecular weight excluding hydrogens is 313 g/mol. The maximum Gasteiger partial charge on any atom is 0.293 e. The van der Waals surface area contributed by atoms with Gasteiger partial charge in [-0.15, -0.1) is 0 Å². The van der Waals surface area contributed by atoms with E-state index in [1.54, 1.807) is 24.4 Å². The van der Waals surface area contributed by atoms with E-state index in [0.29, 0.717) is 22.2 Å². The van der Waals surface area contributed by atoms with Crippen LogP contribution in [0.2, 0.25) is 10.0 Å². The number of hydrogen-bond acceptors (Lipinski definition) is 4. The molecule has 1 aromatic heterocycles. The highest BCUT2D eigenvalue weighted by atomic mass is 35.5. The van der Waals surface area contributed by atoms with E-state index in [0.717, 1.165) is 0 Å².